The molecule has 17 heavy (non-hydrogen) atoms. The summed E-state index contributed by atoms with van der Waals surface area (Å²) in [5, 5.41) is 3.44. The van der Waals surface area contributed by atoms with Crippen LogP contribution in [0, 0.1) is 13.8 Å². The molecule has 0 atom stereocenters. The molecule has 1 N–H and O–H groups in total. The van der Waals surface area contributed by atoms with Gasteiger partial charge in [0, 0.05) is 30.9 Å². The molecular weight excluding hydrogens is 362 g/mol. The van der Waals surface area contributed by atoms with Crippen LogP contribution in [0.1, 0.15) is 15.3 Å². The van der Waals surface area contributed by atoms with Crippen molar-refractivity contribution in [3.8, 4) is 0 Å². The molecule has 0 saturated heterocycles. The number of hydrogen-bond acceptors (Lipinski definition) is 2. The number of nitrogens with one attached hydrogen (secondary N) is 1. The summed E-state index contributed by atoms with van der Waals surface area (Å²) in [5.74, 6) is 0. The number of halogens is 2. The molecule has 1 nitrogen and oxygen atoms in total. The highest BCUT2D eigenvalue weighted by Crippen LogP contribution is 2.28. The van der Waals surface area contributed by atoms with Crippen LogP contribution >= 0.6 is 43.2 Å². The molecule has 0 saturated carbocycles. The minimum Gasteiger partial charge on any atom is -0.379 e. The SMILES string of the molecule is Cc1ccc(NCc2cc(Br)c(C)s2)c(Br)c1. The molecule has 1 aromatic carbocycles. The molecule has 0 bridgehead atoms. The highest BCUT2D eigenvalue weighted by Gasteiger charge is 2.04. The van der Waals surface area contributed by atoms with Crippen LogP contribution in [0.25, 0.3) is 0 Å². The van der Waals surface area contributed by atoms with E-state index >= 15 is 0 Å². The Morgan fingerprint density at radius 2 is 1.88 bits per heavy atom. The first-order chi connectivity index (χ1) is 8.06. The van der Waals surface area contributed by atoms with E-state index < -0.39 is 0 Å². The molecule has 0 spiro atoms. The van der Waals surface area contributed by atoms with E-state index in [1.54, 1.807) is 0 Å². The molecule has 0 amide bonds. The molecule has 0 unspecified atom stereocenters. The minimum atomic E-state index is 0.860. The summed E-state index contributed by atoms with van der Waals surface area (Å²) in [7, 11) is 0. The summed E-state index contributed by atoms with van der Waals surface area (Å²) in [5.41, 5.74) is 2.40. The minimum absolute atomic E-state index is 0.860. The predicted molar refractivity (Wildman–Crippen MR) is 83.0 cm³/mol. The van der Waals surface area contributed by atoms with Crippen molar-refractivity contribution in [3.05, 3.63) is 48.5 Å². The molecule has 2 aromatic rings. The zero-order valence-corrected chi connectivity index (χ0v) is 13.7. The molecule has 1 aromatic heterocycles. The monoisotopic (exact) mass is 373 g/mol. The summed E-state index contributed by atoms with van der Waals surface area (Å²) in [6.45, 7) is 5.08. The average Bonchev–Trinajstić information content (AvgIpc) is 2.57. The van der Waals surface area contributed by atoms with Gasteiger partial charge in [-0.1, -0.05) is 6.07 Å². The Bertz CT molecular complexity index is 515. The first-order valence-corrected chi connectivity index (χ1v) is 7.71. The Balaban J connectivity index is 2.07. The fourth-order valence-electron chi connectivity index (χ4n) is 1.55. The Labute approximate surface area is 123 Å². The van der Waals surface area contributed by atoms with Gasteiger partial charge in [0.1, 0.15) is 0 Å². The smallest absolute Gasteiger partial charge is 0.0495 e. The van der Waals surface area contributed by atoms with Crippen LogP contribution in [-0.4, -0.2) is 0 Å². The van der Waals surface area contributed by atoms with Crippen molar-refractivity contribution in [3.63, 3.8) is 0 Å². The number of hydrogen-bond donors (Lipinski definition) is 1. The maximum Gasteiger partial charge on any atom is 0.0495 e. The normalized spacial score (nSPS) is 10.6. The van der Waals surface area contributed by atoms with Gasteiger partial charge in [-0.05, 0) is 69.5 Å². The largest absolute Gasteiger partial charge is 0.379 e. The van der Waals surface area contributed by atoms with Crippen LogP contribution < -0.4 is 5.32 Å². The van der Waals surface area contributed by atoms with Gasteiger partial charge in [0.25, 0.3) is 0 Å². The van der Waals surface area contributed by atoms with Gasteiger partial charge in [-0.3, -0.25) is 0 Å². The van der Waals surface area contributed by atoms with Gasteiger partial charge in [0.15, 0.2) is 0 Å². The van der Waals surface area contributed by atoms with Crippen LogP contribution in [0.5, 0.6) is 0 Å². The van der Waals surface area contributed by atoms with E-state index in [0.29, 0.717) is 0 Å². The molecule has 0 fully saturated rings. The lowest BCUT2D eigenvalue weighted by molar-refractivity contribution is 1.18. The fourth-order valence-corrected chi connectivity index (χ4v) is 3.73. The summed E-state index contributed by atoms with van der Waals surface area (Å²) < 4.78 is 2.31. The Kier molecular flexibility index (Phi) is 4.28. The third-order valence-electron chi connectivity index (χ3n) is 2.49. The van der Waals surface area contributed by atoms with E-state index in [4.69, 9.17) is 0 Å². The summed E-state index contributed by atoms with van der Waals surface area (Å²) in [6, 6.07) is 8.52. The van der Waals surface area contributed by atoms with Gasteiger partial charge in [-0.25, -0.2) is 0 Å². The van der Waals surface area contributed by atoms with Gasteiger partial charge in [0.2, 0.25) is 0 Å². The zero-order chi connectivity index (χ0) is 12.4. The lowest BCUT2D eigenvalue weighted by Gasteiger charge is -2.07. The van der Waals surface area contributed by atoms with Crippen LogP contribution in [0.15, 0.2) is 33.2 Å². The number of thiophene rings is 1. The molecule has 0 radical (unpaired) electrons. The number of aryl methyl sites for hydroxylation is 2. The number of benzene rings is 1. The van der Waals surface area contributed by atoms with E-state index in [0.717, 1.165) is 16.7 Å². The lowest BCUT2D eigenvalue weighted by atomic mass is 10.2. The highest BCUT2D eigenvalue weighted by molar-refractivity contribution is 9.11. The molecule has 0 aliphatic heterocycles. The molecule has 0 aliphatic rings. The summed E-state index contributed by atoms with van der Waals surface area (Å²) in [4.78, 5) is 2.66. The summed E-state index contributed by atoms with van der Waals surface area (Å²) >= 11 is 8.93. The van der Waals surface area contributed by atoms with Crippen molar-refractivity contribution >= 4 is 48.9 Å². The highest BCUT2D eigenvalue weighted by atomic mass is 79.9. The molecule has 90 valence electrons. The number of anilines is 1. The van der Waals surface area contributed by atoms with Crippen molar-refractivity contribution in [1.82, 2.24) is 0 Å². The predicted octanol–water partition coefficient (Wildman–Crippen LogP) is 5.50. The van der Waals surface area contributed by atoms with Crippen molar-refractivity contribution in [2.75, 3.05) is 5.32 Å². The van der Waals surface area contributed by atoms with Crippen molar-refractivity contribution in [2.24, 2.45) is 0 Å². The van der Waals surface area contributed by atoms with Crippen LogP contribution in [0.2, 0.25) is 0 Å². The van der Waals surface area contributed by atoms with Gasteiger partial charge < -0.3 is 5.32 Å². The topological polar surface area (TPSA) is 12.0 Å². The van der Waals surface area contributed by atoms with Crippen LogP contribution in [0.4, 0.5) is 5.69 Å². The third-order valence-corrected chi connectivity index (χ3v) is 5.28. The molecular formula is C13H13Br2NS. The summed E-state index contributed by atoms with van der Waals surface area (Å²) in [6.07, 6.45) is 0. The van der Waals surface area contributed by atoms with Gasteiger partial charge in [-0.2, -0.15) is 0 Å². The second-order valence-electron chi connectivity index (χ2n) is 3.95. The first-order valence-electron chi connectivity index (χ1n) is 5.31. The second kappa shape index (κ2) is 5.55. The molecule has 1 heterocycles. The van der Waals surface area contributed by atoms with E-state index in [9.17, 15) is 0 Å². The van der Waals surface area contributed by atoms with E-state index in [1.807, 2.05) is 11.3 Å². The number of rotatable bonds is 3. The molecule has 2 rings (SSSR count). The van der Waals surface area contributed by atoms with Gasteiger partial charge in [0.05, 0.1) is 0 Å². The van der Waals surface area contributed by atoms with Crippen molar-refractivity contribution in [2.45, 2.75) is 20.4 Å². The maximum absolute atomic E-state index is 3.57. The van der Waals surface area contributed by atoms with Crippen LogP contribution in [0.3, 0.4) is 0 Å². The standard InChI is InChI=1S/C13H13Br2NS/c1-8-3-4-13(12(15)5-8)16-7-10-6-11(14)9(2)17-10/h3-6,16H,7H2,1-2H3. The van der Waals surface area contributed by atoms with E-state index in [-0.39, 0.29) is 0 Å². The zero-order valence-electron chi connectivity index (χ0n) is 9.68. The third kappa shape index (κ3) is 3.33. The first kappa shape index (κ1) is 13.1. The Morgan fingerprint density at radius 3 is 2.47 bits per heavy atom. The lowest BCUT2D eigenvalue weighted by Crippen LogP contribution is -1.98. The van der Waals surface area contributed by atoms with E-state index in [2.05, 4.69) is 75.3 Å². The van der Waals surface area contributed by atoms with Crippen molar-refractivity contribution in [1.29, 1.82) is 0 Å². The van der Waals surface area contributed by atoms with Crippen LogP contribution in [-0.2, 0) is 6.54 Å². The maximum atomic E-state index is 3.57. The quantitative estimate of drug-likeness (QED) is 0.747. The average molecular weight is 375 g/mol. The van der Waals surface area contributed by atoms with Crippen molar-refractivity contribution < 1.29 is 0 Å². The Morgan fingerprint density at radius 1 is 1.12 bits per heavy atom. The van der Waals surface area contributed by atoms with E-state index in [1.165, 1.54) is 19.8 Å². The van der Waals surface area contributed by atoms with Gasteiger partial charge in [-0.15, -0.1) is 11.3 Å². The molecule has 4 heteroatoms. The second-order valence-corrected chi connectivity index (χ2v) is 7.00. The fraction of sp³-hybridized carbons (Fsp3) is 0.231. The Hall–Kier alpha value is -0.320. The van der Waals surface area contributed by atoms with Gasteiger partial charge >= 0.3 is 0 Å². The molecule has 0 aliphatic carbocycles.